The summed E-state index contributed by atoms with van der Waals surface area (Å²) in [6.07, 6.45) is 10.4. The maximum absolute atomic E-state index is 6.15. The van der Waals surface area contributed by atoms with Gasteiger partial charge >= 0.3 is 0 Å². The van der Waals surface area contributed by atoms with Gasteiger partial charge in [-0.25, -0.2) is 0 Å². The lowest BCUT2D eigenvalue weighted by Crippen LogP contribution is -1.97. The number of alkyl halides is 1. The molecule has 1 nitrogen and oxygen atoms in total. The van der Waals surface area contributed by atoms with Crippen LogP contribution in [0.5, 0.6) is 0 Å². The fourth-order valence-corrected chi connectivity index (χ4v) is 1.68. The highest BCUT2D eigenvalue weighted by molar-refractivity contribution is 6.20. The Morgan fingerprint density at radius 2 is 1.23 bits per heavy atom. The molecule has 0 aliphatic carbocycles. The molecule has 0 saturated heterocycles. The second-order valence-corrected chi connectivity index (χ2v) is 4.21. The van der Waals surface area contributed by atoms with Crippen molar-refractivity contribution in [3.63, 3.8) is 0 Å². The van der Waals surface area contributed by atoms with Gasteiger partial charge in [0.2, 0.25) is 0 Å². The highest BCUT2D eigenvalue weighted by Gasteiger charge is 2.02. The topological polar surface area (TPSA) is 35.0 Å². The molecule has 0 amide bonds. The van der Waals surface area contributed by atoms with Gasteiger partial charge in [0.05, 0.1) is 0 Å². The zero-order valence-electron chi connectivity index (χ0n) is 9.32. The maximum Gasteiger partial charge on any atom is 0.0336 e. The van der Waals surface area contributed by atoms with Crippen molar-refractivity contribution in [2.75, 3.05) is 0 Å². The standard InChI is InChI=1S/C11H23Cl.H3N/c1-3-5-7-9-11(12)10-8-6-4-2;/h11H,3-10H2,1-2H3;1H3. The summed E-state index contributed by atoms with van der Waals surface area (Å²) >= 11 is 6.15. The van der Waals surface area contributed by atoms with Gasteiger partial charge in [-0.1, -0.05) is 52.4 Å². The maximum atomic E-state index is 6.15. The lowest BCUT2D eigenvalue weighted by Gasteiger charge is -2.07. The van der Waals surface area contributed by atoms with Crippen molar-refractivity contribution in [2.24, 2.45) is 0 Å². The summed E-state index contributed by atoms with van der Waals surface area (Å²) in [6.45, 7) is 4.47. The van der Waals surface area contributed by atoms with Crippen LogP contribution in [0.25, 0.3) is 0 Å². The van der Waals surface area contributed by atoms with Crippen LogP contribution in [0.1, 0.15) is 65.2 Å². The van der Waals surface area contributed by atoms with E-state index in [9.17, 15) is 0 Å². The second kappa shape index (κ2) is 12.2. The first-order valence-electron chi connectivity index (χ1n) is 5.45. The molecule has 0 bridgehead atoms. The van der Waals surface area contributed by atoms with Gasteiger partial charge in [0.15, 0.2) is 0 Å². The molecule has 82 valence electrons. The summed E-state index contributed by atoms with van der Waals surface area (Å²) in [5.41, 5.74) is 0. The molecule has 0 spiro atoms. The molecule has 0 aliphatic heterocycles. The van der Waals surface area contributed by atoms with Crippen LogP contribution in [-0.4, -0.2) is 5.38 Å². The van der Waals surface area contributed by atoms with Gasteiger partial charge in [-0.3, -0.25) is 0 Å². The third-order valence-electron chi connectivity index (χ3n) is 2.24. The smallest absolute Gasteiger partial charge is 0.0336 e. The van der Waals surface area contributed by atoms with Crippen molar-refractivity contribution < 1.29 is 0 Å². The molecular formula is C11H26ClN. The Kier molecular flexibility index (Phi) is 14.8. The molecule has 0 rings (SSSR count). The van der Waals surface area contributed by atoms with Crippen molar-refractivity contribution in [1.82, 2.24) is 6.15 Å². The highest BCUT2D eigenvalue weighted by Crippen LogP contribution is 2.15. The molecule has 13 heavy (non-hydrogen) atoms. The Balaban J connectivity index is 0. The summed E-state index contributed by atoms with van der Waals surface area (Å²) in [6, 6.07) is 0. The third-order valence-corrected chi connectivity index (χ3v) is 2.68. The molecular weight excluding hydrogens is 182 g/mol. The Morgan fingerprint density at radius 3 is 1.54 bits per heavy atom. The Bertz CT molecular complexity index is 76.2. The van der Waals surface area contributed by atoms with E-state index in [0.29, 0.717) is 5.38 Å². The predicted octanol–water partition coefficient (Wildman–Crippen LogP) is 4.92. The van der Waals surface area contributed by atoms with Crippen LogP contribution in [0.15, 0.2) is 0 Å². The van der Waals surface area contributed by atoms with Gasteiger partial charge < -0.3 is 6.15 Å². The molecule has 0 aromatic heterocycles. The van der Waals surface area contributed by atoms with E-state index in [0.717, 1.165) is 0 Å². The summed E-state index contributed by atoms with van der Waals surface area (Å²) in [5.74, 6) is 0. The van der Waals surface area contributed by atoms with E-state index in [4.69, 9.17) is 11.6 Å². The quantitative estimate of drug-likeness (QED) is 0.445. The zero-order chi connectivity index (χ0) is 9.23. The van der Waals surface area contributed by atoms with E-state index >= 15 is 0 Å². The molecule has 0 heterocycles. The molecule has 0 aliphatic rings. The normalized spacial score (nSPS) is 10.2. The number of hydrogen-bond donors (Lipinski definition) is 1. The monoisotopic (exact) mass is 207 g/mol. The molecule has 0 saturated carbocycles. The third kappa shape index (κ3) is 12.2. The fraction of sp³-hybridized carbons (Fsp3) is 1.00. The van der Waals surface area contributed by atoms with Crippen molar-refractivity contribution in [1.29, 1.82) is 0 Å². The van der Waals surface area contributed by atoms with Gasteiger partial charge in [0, 0.05) is 5.38 Å². The van der Waals surface area contributed by atoms with Crippen molar-refractivity contribution in [3.05, 3.63) is 0 Å². The number of rotatable bonds is 8. The number of unbranched alkanes of at least 4 members (excludes halogenated alkanes) is 4. The first-order chi connectivity index (χ1) is 5.81. The number of hydrogen-bond acceptors (Lipinski definition) is 1. The summed E-state index contributed by atoms with van der Waals surface area (Å²) in [5, 5.41) is 0.447. The van der Waals surface area contributed by atoms with Gasteiger partial charge in [-0.15, -0.1) is 11.6 Å². The Labute approximate surface area is 88.8 Å². The molecule has 0 fully saturated rings. The van der Waals surface area contributed by atoms with Crippen molar-refractivity contribution in [2.45, 2.75) is 70.6 Å². The van der Waals surface area contributed by atoms with E-state index in [1.54, 1.807) is 0 Å². The van der Waals surface area contributed by atoms with Crippen LogP contribution in [0.3, 0.4) is 0 Å². The minimum Gasteiger partial charge on any atom is -0.344 e. The summed E-state index contributed by atoms with van der Waals surface area (Å²) in [7, 11) is 0. The highest BCUT2D eigenvalue weighted by atomic mass is 35.5. The van der Waals surface area contributed by atoms with E-state index in [1.165, 1.54) is 51.4 Å². The minimum atomic E-state index is 0. The molecule has 2 heteroatoms. The molecule has 0 aromatic carbocycles. The van der Waals surface area contributed by atoms with Crippen molar-refractivity contribution in [3.8, 4) is 0 Å². The second-order valence-electron chi connectivity index (χ2n) is 3.59. The lowest BCUT2D eigenvalue weighted by molar-refractivity contribution is 0.578. The lowest BCUT2D eigenvalue weighted by atomic mass is 10.1. The molecule has 0 radical (unpaired) electrons. The first-order valence-corrected chi connectivity index (χ1v) is 5.89. The van der Waals surface area contributed by atoms with Crippen LogP contribution >= 0.6 is 11.6 Å². The average molecular weight is 208 g/mol. The molecule has 3 N–H and O–H groups in total. The van der Waals surface area contributed by atoms with Crippen LogP contribution in [0, 0.1) is 0 Å². The van der Waals surface area contributed by atoms with Gasteiger partial charge in [0.1, 0.15) is 0 Å². The Hall–Kier alpha value is 0.250. The molecule has 0 unspecified atom stereocenters. The summed E-state index contributed by atoms with van der Waals surface area (Å²) in [4.78, 5) is 0. The van der Waals surface area contributed by atoms with Crippen LogP contribution in [0.4, 0.5) is 0 Å². The summed E-state index contributed by atoms with van der Waals surface area (Å²) < 4.78 is 0. The number of halogens is 1. The molecule has 0 aromatic rings. The van der Waals surface area contributed by atoms with E-state index < -0.39 is 0 Å². The van der Waals surface area contributed by atoms with Crippen molar-refractivity contribution >= 4 is 11.6 Å². The van der Waals surface area contributed by atoms with Gasteiger partial charge in [-0.05, 0) is 12.8 Å². The van der Waals surface area contributed by atoms with Gasteiger partial charge in [-0.2, -0.15) is 0 Å². The van der Waals surface area contributed by atoms with Crippen LogP contribution in [-0.2, 0) is 0 Å². The van der Waals surface area contributed by atoms with Gasteiger partial charge in [0.25, 0.3) is 0 Å². The first kappa shape index (κ1) is 15.7. The van der Waals surface area contributed by atoms with E-state index in [-0.39, 0.29) is 6.15 Å². The largest absolute Gasteiger partial charge is 0.344 e. The predicted molar refractivity (Wildman–Crippen MR) is 62.9 cm³/mol. The average Bonchev–Trinajstić information content (AvgIpc) is 2.06. The Morgan fingerprint density at radius 1 is 0.846 bits per heavy atom. The SMILES string of the molecule is CCCCCC(Cl)CCCCC.N. The molecule has 0 atom stereocenters. The van der Waals surface area contributed by atoms with Crippen LogP contribution < -0.4 is 6.15 Å². The van der Waals surface area contributed by atoms with E-state index in [2.05, 4.69) is 13.8 Å². The minimum absolute atomic E-state index is 0. The fourth-order valence-electron chi connectivity index (χ4n) is 1.38. The zero-order valence-corrected chi connectivity index (χ0v) is 10.1. The van der Waals surface area contributed by atoms with E-state index in [1.807, 2.05) is 0 Å². The van der Waals surface area contributed by atoms with Crippen LogP contribution in [0.2, 0.25) is 0 Å².